The van der Waals surface area contributed by atoms with E-state index in [0.717, 1.165) is 41.7 Å². The highest BCUT2D eigenvalue weighted by molar-refractivity contribution is 9.10. The van der Waals surface area contributed by atoms with Gasteiger partial charge in [0.1, 0.15) is 0 Å². The van der Waals surface area contributed by atoms with Gasteiger partial charge in [-0.25, -0.2) is 4.79 Å². The number of hydrogen-bond acceptors (Lipinski definition) is 3. The van der Waals surface area contributed by atoms with Crippen molar-refractivity contribution in [2.24, 2.45) is 0 Å². The molecule has 0 radical (unpaired) electrons. The second-order valence-electron chi connectivity index (χ2n) is 6.44. The van der Waals surface area contributed by atoms with Gasteiger partial charge in [0.2, 0.25) is 0 Å². The molecule has 1 aliphatic rings. The summed E-state index contributed by atoms with van der Waals surface area (Å²) < 4.78 is 6.61. The predicted molar refractivity (Wildman–Crippen MR) is 91.9 cm³/mol. The summed E-state index contributed by atoms with van der Waals surface area (Å²) in [6, 6.07) is 4.06. The minimum atomic E-state index is -0.886. The van der Waals surface area contributed by atoms with Gasteiger partial charge in [0.25, 0.3) is 0 Å². The molecule has 1 heterocycles. The van der Waals surface area contributed by atoms with Crippen molar-refractivity contribution in [1.29, 1.82) is 0 Å². The molecule has 0 saturated carbocycles. The number of anilines is 1. The van der Waals surface area contributed by atoms with Crippen molar-refractivity contribution >= 4 is 27.6 Å². The molecule has 122 valence electrons. The van der Waals surface area contributed by atoms with Crippen LogP contribution >= 0.6 is 15.9 Å². The molecular weight excluding hydrogens is 346 g/mol. The molecule has 22 heavy (non-hydrogen) atoms. The van der Waals surface area contributed by atoms with Crippen LogP contribution in [-0.2, 0) is 4.74 Å². The summed E-state index contributed by atoms with van der Waals surface area (Å²) in [5.74, 6) is -0.886. The summed E-state index contributed by atoms with van der Waals surface area (Å²) >= 11 is 3.44. The Hall–Kier alpha value is -1.07. The summed E-state index contributed by atoms with van der Waals surface area (Å²) in [6.07, 6.45) is 1.90. The average Bonchev–Trinajstić information content (AvgIpc) is 2.41. The molecule has 0 aromatic heterocycles. The van der Waals surface area contributed by atoms with Crippen LogP contribution in [-0.4, -0.2) is 35.9 Å². The third-order valence-corrected chi connectivity index (χ3v) is 4.80. The molecule has 0 bridgehead atoms. The number of rotatable bonds is 4. The van der Waals surface area contributed by atoms with Crippen LogP contribution in [0.1, 0.15) is 49.5 Å². The van der Waals surface area contributed by atoms with E-state index in [9.17, 15) is 9.90 Å². The molecule has 0 aliphatic carbocycles. The fourth-order valence-electron chi connectivity index (χ4n) is 3.28. The Morgan fingerprint density at radius 2 is 2.18 bits per heavy atom. The average molecular weight is 370 g/mol. The summed E-state index contributed by atoms with van der Waals surface area (Å²) in [5, 5.41) is 9.40. The van der Waals surface area contributed by atoms with Crippen molar-refractivity contribution in [3.05, 3.63) is 27.7 Å². The van der Waals surface area contributed by atoms with Crippen LogP contribution < -0.4 is 4.90 Å². The molecule has 1 aromatic carbocycles. The first-order valence-electron chi connectivity index (χ1n) is 7.69. The van der Waals surface area contributed by atoms with Crippen LogP contribution in [0.15, 0.2) is 16.6 Å². The first-order valence-corrected chi connectivity index (χ1v) is 8.48. The van der Waals surface area contributed by atoms with Crippen molar-refractivity contribution < 1.29 is 14.6 Å². The molecule has 1 fully saturated rings. The standard InChI is InChI=1S/C17H24BrNO3/c1-5-19(13-6-7-22-17(3,4)10-13)15-9-12(18)8-14(11(15)2)16(20)21/h8-9,13H,5-7,10H2,1-4H3,(H,20,21). The van der Waals surface area contributed by atoms with Gasteiger partial charge in [0.05, 0.1) is 11.2 Å². The van der Waals surface area contributed by atoms with Crippen LogP contribution in [0.5, 0.6) is 0 Å². The van der Waals surface area contributed by atoms with E-state index < -0.39 is 5.97 Å². The number of carboxylic acids is 1. The highest BCUT2D eigenvalue weighted by Gasteiger charge is 2.32. The Morgan fingerprint density at radius 3 is 2.73 bits per heavy atom. The first kappa shape index (κ1) is 17.3. The minimum Gasteiger partial charge on any atom is -0.478 e. The zero-order chi connectivity index (χ0) is 16.5. The number of halogens is 1. The first-order chi connectivity index (χ1) is 10.2. The Kier molecular flexibility index (Phi) is 5.17. The Bertz CT molecular complexity index is 571. The maximum atomic E-state index is 11.5. The Morgan fingerprint density at radius 1 is 1.50 bits per heavy atom. The number of nitrogens with zero attached hydrogens (tertiary/aromatic N) is 1. The van der Waals surface area contributed by atoms with Gasteiger partial charge in [0, 0.05) is 29.4 Å². The molecular formula is C17H24BrNO3. The Labute approximate surface area is 140 Å². The lowest BCUT2D eigenvalue weighted by Gasteiger charge is -2.42. The Balaban J connectivity index is 2.41. The molecule has 0 spiro atoms. The normalized spacial score (nSPS) is 20.7. The topological polar surface area (TPSA) is 49.8 Å². The number of hydrogen-bond donors (Lipinski definition) is 1. The largest absolute Gasteiger partial charge is 0.478 e. The van der Waals surface area contributed by atoms with Gasteiger partial charge in [-0.3, -0.25) is 0 Å². The van der Waals surface area contributed by atoms with Gasteiger partial charge in [-0.15, -0.1) is 0 Å². The molecule has 5 heteroatoms. The van der Waals surface area contributed by atoms with E-state index in [0.29, 0.717) is 11.6 Å². The predicted octanol–water partition coefficient (Wildman–Crippen LogP) is 4.24. The summed E-state index contributed by atoms with van der Waals surface area (Å²) in [6.45, 7) is 9.82. The molecule has 2 rings (SSSR count). The highest BCUT2D eigenvalue weighted by Crippen LogP contribution is 2.34. The molecule has 1 aromatic rings. The maximum absolute atomic E-state index is 11.5. The van der Waals surface area contributed by atoms with Gasteiger partial charge in [-0.1, -0.05) is 15.9 Å². The number of ether oxygens (including phenoxy) is 1. The van der Waals surface area contributed by atoms with Crippen LogP contribution in [0.2, 0.25) is 0 Å². The molecule has 1 N–H and O–H groups in total. The number of carbonyl (C=O) groups is 1. The van der Waals surface area contributed by atoms with Crippen LogP contribution in [0.4, 0.5) is 5.69 Å². The lowest BCUT2D eigenvalue weighted by Crippen LogP contribution is -2.46. The number of carboxylic acid groups (broad SMARTS) is 1. The van der Waals surface area contributed by atoms with E-state index in [1.54, 1.807) is 6.07 Å². The van der Waals surface area contributed by atoms with Gasteiger partial charge >= 0.3 is 5.97 Å². The lowest BCUT2D eigenvalue weighted by molar-refractivity contribution is -0.0588. The zero-order valence-corrected chi connectivity index (χ0v) is 15.2. The molecule has 4 nitrogen and oxygen atoms in total. The third kappa shape index (κ3) is 3.63. The smallest absolute Gasteiger partial charge is 0.336 e. The van der Waals surface area contributed by atoms with Gasteiger partial charge in [0.15, 0.2) is 0 Å². The molecule has 1 aliphatic heterocycles. The van der Waals surface area contributed by atoms with Crippen molar-refractivity contribution in [3.63, 3.8) is 0 Å². The fraction of sp³-hybridized carbons (Fsp3) is 0.588. The SMILES string of the molecule is CCN(c1cc(Br)cc(C(=O)O)c1C)C1CCOC(C)(C)C1. The van der Waals surface area contributed by atoms with E-state index in [2.05, 4.69) is 41.6 Å². The van der Waals surface area contributed by atoms with E-state index >= 15 is 0 Å². The lowest BCUT2D eigenvalue weighted by atomic mass is 9.92. The number of aromatic carboxylic acids is 1. The van der Waals surface area contributed by atoms with E-state index in [4.69, 9.17) is 4.74 Å². The molecule has 0 amide bonds. The summed E-state index contributed by atoms with van der Waals surface area (Å²) in [4.78, 5) is 13.8. The van der Waals surface area contributed by atoms with Crippen molar-refractivity contribution in [1.82, 2.24) is 0 Å². The molecule has 1 saturated heterocycles. The van der Waals surface area contributed by atoms with Gasteiger partial charge in [-0.2, -0.15) is 0 Å². The van der Waals surface area contributed by atoms with Crippen molar-refractivity contribution in [3.8, 4) is 0 Å². The van der Waals surface area contributed by atoms with Crippen molar-refractivity contribution in [2.45, 2.75) is 52.2 Å². The van der Waals surface area contributed by atoms with E-state index in [1.165, 1.54) is 0 Å². The maximum Gasteiger partial charge on any atom is 0.336 e. The molecule has 1 unspecified atom stereocenters. The zero-order valence-electron chi connectivity index (χ0n) is 13.6. The van der Waals surface area contributed by atoms with Crippen LogP contribution in [0.3, 0.4) is 0 Å². The van der Waals surface area contributed by atoms with E-state index in [1.807, 2.05) is 13.0 Å². The number of benzene rings is 1. The third-order valence-electron chi connectivity index (χ3n) is 4.34. The summed E-state index contributed by atoms with van der Waals surface area (Å²) in [5.41, 5.74) is 2.04. The molecule has 1 atom stereocenters. The van der Waals surface area contributed by atoms with Crippen LogP contribution in [0, 0.1) is 6.92 Å². The van der Waals surface area contributed by atoms with E-state index in [-0.39, 0.29) is 5.60 Å². The second-order valence-corrected chi connectivity index (χ2v) is 7.36. The van der Waals surface area contributed by atoms with Gasteiger partial charge in [-0.05, 0) is 58.2 Å². The van der Waals surface area contributed by atoms with Crippen molar-refractivity contribution in [2.75, 3.05) is 18.1 Å². The van der Waals surface area contributed by atoms with Gasteiger partial charge < -0.3 is 14.7 Å². The monoisotopic (exact) mass is 369 g/mol. The highest BCUT2D eigenvalue weighted by atomic mass is 79.9. The second kappa shape index (κ2) is 6.59. The van der Waals surface area contributed by atoms with Crippen LogP contribution in [0.25, 0.3) is 0 Å². The quantitative estimate of drug-likeness (QED) is 0.861. The minimum absolute atomic E-state index is 0.133. The summed E-state index contributed by atoms with van der Waals surface area (Å²) in [7, 11) is 0. The fourth-order valence-corrected chi connectivity index (χ4v) is 3.72.